The van der Waals surface area contributed by atoms with Gasteiger partial charge < -0.3 is 10.1 Å². The highest BCUT2D eigenvalue weighted by atomic mass is 32.1. The second-order valence-electron chi connectivity index (χ2n) is 11.1. The lowest BCUT2D eigenvalue weighted by Crippen LogP contribution is -2.27. The van der Waals surface area contributed by atoms with Gasteiger partial charge in [-0.1, -0.05) is 49.7 Å². The summed E-state index contributed by atoms with van der Waals surface area (Å²) >= 11 is 1.45. The maximum absolute atomic E-state index is 13.0. The van der Waals surface area contributed by atoms with Crippen molar-refractivity contribution >= 4 is 17.4 Å². The number of hydrogen-bond donors (Lipinski definition) is 1. The maximum atomic E-state index is 13.0. The van der Waals surface area contributed by atoms with Crippen LogP contribution < -0.4 is 14.9 Å². The number of amides is 2. The molecule has 3 aromatic carbocycles. The van der Waals surface area contributed by atoms with Crippen molar-refractivity contribution in [3.05, 3.63) is 106 Å². The van der Waals surface area contributed by atoms with Crippen molar-refractivity contribution in [1.29, 1.82) is 0 Å². The summed E-state index contributed by atoms with van der Waals surface area (Å²) in [6, 6.07) is 19.3. The number of hydrogen-bond acceptors (Lipinski definition) is 5. The second-order valence-corrected chi connectivity index (χ2v) is 11.9. The van der Waals surface area contributed by atoms with Crippen LogP contribution >= 0.6 is 11.3 Å². The summed E-state index contributed by atoms with van der Waals surface area (Å²) in [4.78, 5) is 22.4. The van der Waals surface area contributed by atoms with Crippen molar-refractivity contribution in [2.75, 3.05) is 0 Å². The van der Waals surface area contributed by atoms with Gasteiger partial charge in [-0.25, -0.2) is 14.5 Å². The number of nitrogens with one attached hydrogen (secondary N) is 1. The molecule has 2 aromatic heterocycles. The molecule has 45 heavy (non-hydrogen) atoms. The molecule has 1 N–H and O–H groups in total. The normalized spacial score (nSPS) is 16.5. The van der Waals surface area contributed by atoms with E-state index in [0.717, 1.165) is 47.3 Å². The first-order valence-corrected chi connectivity index (χ1v) is 15.5. The lowest BCUT2D eigenvalue weighted by Gasteiger charge is -2.13. The average Bonchev–Trinajstić information content (AvgIpc) is 3.40. The lowest BCUT2D eigenvalue weighted by atomic mass is 10.1. The van der Waals surface area contributed by atoms with Gasteiger partial charge in [-0.2, -0.15) is 4.99 Å². The quantitative estimate of drug-likeness (QED) is 0.193. The molecular formula is C33H31F3N6O2S. The molecule has 1 fully saturated rings. The summed E-state index contributed by atoms with van der Waals surface area (Å²) in [6.45, 7) is 6.25. The Kier molecular flexibility index (Phi) is 8.32. The van der Waals surface area contributed by atoms with Crippen molar-refractivity contribution in [3.63, 3.8) is 0 Å². The zero-order valence-electron chi connectivity index (χ0n) is 24.9. The molecule has 0 spiro atoms. The van der Waals surface area contributed by atoms with Crippen LogP contribution in [-0.4, -0.2) is 37.8 Å². The molecule has 1 aliphatic rings. The number of carbonyl (C=O) groups excluding carboxylic acids is 1. The van der Waals surface area contributed by atoms with Crippen molar-refractivity contribution in [2.24, 2.45) is 4.99 Å². The Morgan fingerprint density at radius 1 is 1.09 bits per heavy atom. The summed E-state index contributed by atoms with van der Waals surface area (Å²) in [5.41, 5.74) is 6.92. The fourth-order valence-corrected chi connectivity index (χ4v) is 6.19. The molecule has 1 saturated carbocycles. The summed E-state index contributed by atoms with van der Waals surface area (Å²) in [5.74, 6) is 0.358. The standard InChI is InChI=1S/C33H31F3N6O2S/c1-4-5-23-7-6-20(2)16-29(23)42-21(3)18-45-32(42)39-31(43)38-28-17-27(28)22-8-10-24(11-9-22)30-37-19-41(40-30)25-12-14-26(15-13-25)44-33(34,35)36/h6-16,18-19,27-28H,4-5,17H2,1-3H3,(H,38,43). The van der Waals surface area contributed by atoms with Gasteiger partial charge in [-0.05, 0) is 73.7 Å². The van der Waals surface area contributed by atoms with Crippen molar-refractivity contribution in [2.45, 2.75) is 58.4 Å². The fourth-order valence-electron chi connectivity index (χ4n) is 5.33. The van der Waals surface area contributed by atoms with Crippen LogP contribution in [0.15, 0.2) is 83.4 Å². The molecule has 2 heterocycles. The fraction of sp³-hybridized carbons (Fsp3) is 0.273. The number of rotatable bonds is 8. The van der Waals surface area contributed by atoms with Crippen LogP contribution in [0.25, 0.3) is 22.8 Å². The van der Waals surface area contributed by atoms with E-state index in [1.54, 1.807) is 0 Å². The first-order chi connectivity index (χ1) is 21.6. The lowest BCUT2D eigenvalue weighted by molar-refractivity contribution is -0.274. The number of nitrogens with zero attached hydrogens (tertiary/aromatic N) is 5. The SMILES string of the molecule is CCCc1ccc(C)cc1-n1c(C)csc1=NC(=O)NC1CC1c1ccc(-c2ncn(-c3ccc(OC(F)(F)F)cc3)n2)cc1. The van der Waals surface area contributed by atoms with E-state index in [1.807, 2.05) is 36.6 Å². The molecule has 6 rings (SSSR count). The zero-order valence-corrected chi connectivity index (χ0v) is 25.7. The Balaban J connectivity index is 1.10. The summed E-state index contributed by atoms with van der Waals surface area (Å²) in [7, 11) is 0. The van der Waals surface area contributed by atoms with E-state index >= 15 is 0 Å². The van der Waals surface area contributed by atoms with Crippen LogP contribution in [-0.2, 0) is 6.42 Å². The largest absolute Gasteiger partial charge is 0.573 e. The maximum Gasteiger partial charge on any atom is 0.573 e. The Bertz CT molecular complexity index is 1890. The number of urea groups is 1. The first kappa shape index (κ1) is 30.3. The number of aryl methyl sites for hydroxylation is 3. The number of benzene rings is 3. The van der Waals surface area contributed by atoms with Crippen LogP contribution in [0.4, 0.5) is 18.0 Å². The van der Waals surface area contributed by atoms with Gasteiger partial charge >= 0.3 is 12.4 Å². The van der Waals surface area contributed by atoms with E-state index in [1.165, 1.54) is 52.2 Å². The third-order valence-electron chi connectivity index (χ3n) is 7.60. The van der Waals surface area contributed by atoms with E-state index < -0.39 is 6.36 Å². The van der Waals surface area contributed by atoms with Gasteiger partial charge in [0, 0.05) is 28.6 Å². The molecule has 232 valence electrons. The Morgan fingerprint density at radius 3 is 2.56 bits per heavy atom. The third kappa shape index (κ3) is 7.01. The number of alkyl halides is 3. The molecular weight excluding hydrogens is 601 g/mol. The monoisotopic (exact) mass is 632 g/mol. The van der Waals surface area contributed by atoms with Gasteiger partial charge in [0.1, 0.15) is 12.1 Å². The molecule has 1 aliphatic carbocycles. The number of halogens is 3. The molecule has 2 atom stereocenters. The molecule has 2 amide bonds. The smallest absolute Gasteiger partial charge is 0.406 e. The number of aromatic nitrogens is 4. The van der Waals surface area contributed by atoms with Crippen LogP contribution in [0.1, 0.15) is 48.1 Å². The van der Waals surface area contributed by atoms with Crippen LogP contribution in [0.5, 0.6) is 5.75 Å². The molecule has 0 aliphatic heterocycles. The molecule has 0 saturated heterocycles. The predicted octanol–water partition coefficient (Wildman–Crippen LogP) is 7.42. The first-order valence-electron chi connectivity index (χ1n) is 14.6. The van der Waals surface area contributed by atoms with Gasteiger partial charge in [0.25, 0.3) is 0 Å². The minimum Gasteiger partial charge on any atom is -0.406 e. The van der Waals surface area contributed by atoms with Gasteiger partial charge in [-0.15, -0.1) is 29.6 Å². The summed E-state index contributed by atoms with van der Waals surface area (Å²) in [6.07, 6.45) is -0.451. The van der Waals surface area contributed by atoms with E-state index in [0.29, 0.717) is 16.3 Å². The molecule has 2 unspecified atom stereocenters. The number of thiazole rings is 1. The summed E-state index contributed by atoms with van der Waals surface area (Å²) < 4.78 is 44.8. The highest BCUT2D eigenvalue weighted by Gasteiger charge is 2.39. The molecule has 8 nitrogen and oxygen atoms in total. The average molecular weight is 633 g/mol. The van der Waals surface area contributed by atoms with Crippen molar-refractivity contribution < 1.29 is 22.7 Å². The van der Waals surface area contributed by atoms with Crippen molar-refractivity contribution in [3.8, 4) is 28.5 Å². The molecule has 0 bridgehead atoms. The van der Waals surface area contributed by atoms with E-state index in [-0.39, 0.29) is 23.7 Å². The topological polar surface area (TPSA) is 86.3 Å². The second kappa shape index (κ2) is 12.4. The number of ether oxygens (including phenoxy) is 1. The zero-order chi connectivity index (χ0) is 31.7. The van der Waals surface area contributed by atoms with Gasteiger partial charge in [0.2, 0.25) is 0 Å². The minimum absolute atomic E-state index is 0.00198. The van der Waals surface area contributed by atoms with Crippen molar-refractivity contribution in [1.82, 2.24) is 24.6 Å². The van der Waals surface area contributed by atoms with E-state index in [4.69, 9.17) is 0 Å². The van der Waals surface area contributed by atoms with E-state index in [9.17, 15) is 18.0 Å². The van der Waals surface area contributed by atoms with Crippen LogP contribution in [0.3, 0.4) is 0 Å². The molecule has 0 radical (unpaired) electrons. The van der Waals surface area contributed by atoms with Gasteiger partial charge in [0.05, 0.1) is 11.4 Å². The summed E-state index contributed by atoms with van der Waals surface area (Å²) in [5, 5.41) is 9.55. The van der Waals surface area contributed by atoms with E-state index in [2.05, 4.69) is 61.7 Å². The number of carbonyl (C=O) groups is 1. The highest BCUT2D eigenvalue weighted by molar-refractivity contribution is 7.07. The Hall–Kier alpha value is -4.71. The van der Waals surface area contributed by atoms with Crippen LogP contribution in [0, 0.1) is 13.8 Å². The van der Waals surface area contributed by atoms with Gasteiger partial charge in [0.15, 0.2) is 10.6 Å². The Labute approximate surface area is 261 Å². The Morgan fingerprint density at radius 2 is 1.84 bits per heavy atom. The minimum atomic E-state index is -4.75. The molecule has 5 aromatic rings. The molecule has 12 heteroatoms. The van der Waals surface area contributed by atoms with Gasteiger partial charge in [-0.3, -0.25) is 4.57 Å². The predicted molar refractivity (Wildman–Crippen MR) is 166 cm³/mol. The van der Waals surface area contributed by atoms with Crippen LogP contribution in [0.2, 0.25) is 0 Å². The highest BCUT2D eigenvalue weighted by Crippen LogP contribution is 2.41. The third-order valence-corrected chi connectivity index (χ3v) is 8.54.